The zero-order valence-electron chi connectivity index (χ0n) is 21.7. The lowest BCUT2D eigenvalue weighted by Crippen LogP contribution is -1.98. The van der Waals surface area contributed by atoms with Crippen molar-refractivity contribution in [3.8, 4) is 47.4 Å². The minimum Gasteiger partial charge on any atom is -0.376 e. The lowest BCUT2D eigenvalue weighted by atomic mass is 10.0. The predicted octanol–water partition coefficient (Wildman–Crippen LogP) is 6.97. The third-order valence-electron chi connectivity index (χ3n) is 6.02. The molecule has 0 saturated carbocycles. The van der Waals surface area contributed by atoms with Crippen molar-refractivity contribution in [2.75, 3.05) is 0 Å². The first-order valence-electron chi connectivity index (χ1n) is 12.9. The zero-order chi connectivity index (χ0) is 27.4. The first kappa shape index (κ1) is 25.9. The lowest BCUT2D eigenvalue weighted by Gasteiger charge is -2.06. The van der Waals surface area contributed by atoms with E-state index in [0.29, 0.717) is 11.1 Å². The molecular formula is C39H24O. The summed E-state index contributed by atoms with van der Waals surface area (Å²) in [6.45, 7) is 0. The second-order valence-corrected chi connectivity index (χ2v) is 8.83. The van der Waals surface area contributed by atoms with Gasteiger partial charge in [-0.3, -0.25) is 0 Å². The van der Waals surface area contributed by atoms with E-state index in [4.69, 9.17) is 0 Å². The first-order chi connectivity index (χ1) is 19.8. The highest BCUT2D eigenvalue weighted by atomic mass is 16.3. The van der Waals surface area contributed by atoms with Gasteiger partial charge in [0, 0.05) is 44.5 Å². The van der Waals surface area contributed by atoms with Crippen LogP contribution in [-0.4, -0.2) is 5.11 Å². The van der Waals surface area contributed by atoms with Gasteiger partial charge < -0.3 is 5.11 Å². The maximum Gasteiger partial charge on any atom is 0.141 e. The molecule has 0 heterocycles. The van der Waals surface area contributed by atoms with E-state index in [1.165, 1.54) is 0 Å². The molecule has 1 unspecified atom stereocenters. The Morgan fingerprint density at radius 3 is 1.20 bits per heavy atom. The van der Waals surface area contributed by atoms with Gasteiger partial charge >= 0.3 is 0 Å². The Morgan fingerprint density at radius 1 is 0.350 bits per heavy atom. The molecule has 0 fully saturated rings. The van der Waals surface area contributed by atoms with E-state index in [1.54, 1.807) is 0 Å². The van der Waals surface area contributed by atoms with Crippen LogP contribution >= 0.6 is 0 Å². The standard InChI is InChI=1S/C39H24O/c40-39(30-29-36-20-10-8-18-34(36)26-24-32-15-5-2-6-16-32)38-22-12-11-21-37(38)28-27-35-19-9-7-17-33(35)25-23-31-13-3-1-4-14-31/h1-22,39-40H. The molecular weight excluding hydrogens is 484 g/mol. The minimum atomic E-state index is -1.01. The van der Waals surface area contributed by atoms with Crippen molar-refractivity contribution in [1.82, 2.24) is 0 Å². The molecule has 0 aliphatic rings. The van der Waals surface area contributed by atoms with E-state index >= 15 is 0 Å². The van der Waals surface area contributed by atoms with Crippen LogP contribution in [0.3, 0.4) is 0 Å². The SMILES string of the molecule is OC(C#Cc1ccccc1C#Cc1ccccc1)c1ccccc1C#Cc1ccccc1C#Cc1ccccc1. The van der Waals surface area contributed by atoms with Crippen molar-refractivity contribution < 1.29 is 5.11 Å². The zero-order valence-corrected chi connectivity index (χ0v) is 21.7. The van der Waals surface area contributed by atoms with Crippen LogP contribution in [0.4, 0.5) is 0 Å². The highest BCUT2D eigenvalue weighted by Gasteiger charge is 2.08. The van der Waals surface area contributed by atoms with Crippen LogP contribution in [-0.2, 0) is 0 Å². The van der Waals surface area contributed by atoms with Gasteiger partial charge in [-0.05, 0) is 54.6 Å². The summed E-state index contributed by atoms with van der Waals surface area (Å²) >= 11 is 0. The van der Waals surface area contributed by atoms with Crippen molar-refractivity contribution in [2.24, 2.45) is 0 Å². The van der Waals surface area contributed by atoms with Gasteiger partial charge in [0.1, 0.15) is 6.10 Å². The smallest absolute Gasteiger partial charge is 0.141 e. The van der Waals surface area contributed by atoms with E-state index in [9.17, 15) is 5.11 Å². The molecule has 0 aromatic heterocycles. The van der Waals surface area contributed by atoms with E-state index in [1.807, 2.05) is 133 Å². The van der Waals surface area contributed by atoms with Crippen molar-refractivity contribution in [1.29, 1.82) is 0 Å². The summed E-state index contributed by atoms with van der Waals surface area (Å²) in [5.41, 5.74) is 6.51. The van der Waals surface area contributed by atoms with Crippen LogP contribution in [0, 0.1) is 47.4 Å². The van der Waals surface area contributed by atoms with Gasteiger partial charge in [-0.1, -0.05) is 126 Å². The van der Waals surface area contributed by atoms with Crippen LogP contribution in [0.1, 0.15) is 50.6 Å². The summed E-state index contributed by atoms with van der Waals surface area (Å²) in [6, 6.07) is 42.7. The number of hydrogen-bond donors (Lipinski definition) is 1. The predicted molar refractivity (Wildman–Crippen MR) is 162 cm³/mol. The van der Waals surface area contributed by atoms with Gasteiger partial charge in [-0.25, -0.2) is 0 Å². The van der Waals surface area contributed by atoms with Gasteiger partial charge in [0.05, 0.1) is 0 Å². The number of benzene rings is 5. The maximum atomic E-state index is 11.0. The summed E-state index contributed by atoms with van der Waals surface area (Å²) in [5.74, 6) is 25.4. The topological polar surface area (TPSA) is 20.2 Å². The Hall–Kier alpha value is -5.70. The van der Waals surface area contributed by atoms with Crippen LogP contribution in [0.25, 0.3) is 0 Å². The van der Waals surface area contributed by atoms with Crippen LogP contribution in [0.5, 0.6) is 0 Å². The van der Waals surface area contributed by atoms with Crippen molar-refractivity contribution in [2.45, 2.75) is 6.10 Å². The molecule has 5 rings (SSSR count). The van der Waals surface area contributed by atoms with E-state index in [-0.39, 0.29) is 0 Å². The fraction of sp³-hybridized carbons (Fsp3) is 0.0256. The number of hydrogen-bond acceptors (Lipinski definition) is 1. The van der Waals surface area contributed by atoms with Crippen molar-refractivity contribution in [3.63, 3.8) is 0 Å². The first-order valence-corrected chi connectivity index (χ1v) is 12.9. The Morgan fingerprint density at radius 2 is 0.700 bits per heavy atom. The number of aliphatic hydroxyl groups is 1. The average molecular weight is 509 g/mol. The lowest BCUT2D eigenvalue weighted by molar-refractivity contribution is 0.238. The summed E-state index contributed by atoms with van der Waals surface area (Å²) in [6.07, 6.45) is -1.01. The number of aliphatic hydroxyl groups excluding tert-OH is 1. The molecule has 0 spiro atoms. The maximum absolute atomic E-state index is 11.0. The molecule has 5 aromatic carbocycles. The quantitative estimate of drug-likeness (QED) is 0.243. The van der Waals surface area contributed by atoms with E-state index in [2.05, 4.69) is 47.4 Å². The van der Waals surface area contributed by atoms with Crippen LogP contribution < -0.4 is 0 Å². The molecule has 0 aliphatic heterocycles. The Bertz CT molecular complexity index is 1870. The minimum absolute atomic E-state index is 0.656. The monoisotopic (exact) mass is 508 g/mol. The molecule has 1 atom stereocenters. The molecule has 40 heavy (non-hydrogen) atoms. The van der Waals surface area contributed by atoms with Gasteiger partial charge in [-0.2, -0.15) is 0 Å². The van der Waals surface area contributed by atoms with Gasteiger partial charge in [0.2, 0.25) is 0 Å². The van der Waals surface area contributed by atoms with Crippen LogP contribution in [0.15, 0.2) is 133 Å². The highest BCUT2D eigenvalue weighted by molar-refractivity contribution is 5.57. The molecule has 0 bridgehead atoms. The van der Waals surface area contributed by atoms with E-state index in [0.717, 1.165) is 33.4 Å². The highest BCUT2D eigenvalue weighted by Crippen LogP contribution is 2.18. The second kappa shape index (κ2) is 13.2. The second-order valence-electron chi connectivity index (χ2n) is 8.83. The summed E-state index contributed by atoms with van der Waals surface area (Å²) < 4.78 is 0. The Balaban J connectivity index is 1.40. The Kier molecular flexibility index (Phi) is 8.56. The van der Waals surface area contributed by atoms with Crippen LogP contribution in [0.2, 0.25) is 0 Å². The normalized spacial score (nSPS) is 10.2. The third kappa shape index (κ3) is 6.99. The summed E-state index contributed by atoms with van der Waals surface area (Å²) in [7, 11) is 0. The van der Waals surface area contributed by atoms with Crippen molar-refractivity contribution in [3.05, 3.63) is 178 Å². The van der Waals surface area contributed by atoms with E-state index < -0.39 is 6.10 Å². The molecule has 5 aromatic rings. The average Bonchev–Trinajstić information content (AvgIpc) is 3.02. The summed E-state index contributed by atoms with van der Waals surface area (Å²) in [5, 5.41) is 11.0. The largest absolute Gasteiger partial charge is 0.376 e. The summed E-state index contributed by atoms with van der Waals surface area (Å²) in [4.78, 5) is 0. The molecule has 0 aliphatic carbocycles. The molecule has 0 amide bonds. The molecule has 1 heteroatoms. The van der Waals surface area contributed by atoms with Gasteiger partial charge in [-0.15, -0.1) is 0 Å². The molecule has 0 radical (unpaired) electrons. The fourth-order valence-corrected chi connectivity index (χ4v) is 3.93. The molecule has 1 N–H and O–H groups in total. The Labute approximate surface area is 236 Å². The molecule has 0 saturated heterocycles. The number of rotatable bonds is 1. The third-order valence-corrected chi connectivity index (χ3v) is 6.02. The molecule has 1 nitrogen and oxygen atoms in total. The molecule has 186 valence electrons. The van der Waals surface area contributed by atoms with Crippen molar-refractivity contribution >= 4 is 0 Å². The fourth-order valence-electron chi connectivity index (χ4n) is 3.93. The van der Waals surface area contributed by atoms with Gasteiger partial charge in [0.25, 0.3) is 0 Å². The van der Waals surface area contributed by atoms with Gasteiger partial charge in [0.15, 0.2) is 0 Å².